The van der Waals surface area contributed by atoms with Gasteiger partial charge in [0.1, 0.15) is 0 Å². The van der Waals surface area contributed by atoms with E-state index in [9.17, 15) is 9.59 Å². The molecule has 0 saturated carbocycles. The van der Waals surface area contributed by atoms with Crippen LogP contribution >= 0.6 is 27.5 Å². The van der Waals surface area contributed by atoms with E-state index >= 15 is 0 Å². The zero-order chi connectivity index (χ0) is 13.9. The molecule has 0 fully saturated rings. The molecule has 0 heterocycles. The highest BCUT2D eigenvalue weighted by atomic mass is 79.9. The molecule has 0 aliphatic heterocycles. The van der Waals surface area contributed by atoms with Crippen LogP contribution in [0.2, 0.25) is 0 Å². The number of rotatable bonds is 3. The van der Waals surface area contributed by atoms with Crippen molar-refractivity contribution in [2.24, 2.45) is 5.41 Å². The fraction of sp³-hybridized carbons (Fsp3) is 0.385. The fourth-order valence-electron chi connectivity index (χ4n) is 1.28. The maximum Gasteiger partial charge on any atom is 0.253 e. The van der Waals surface area contributed by atoms with Gasteiger partial charge in [0.05, 0.1) is 0 Å². The summed E-state index contributed by atoms with van der Waals surface area (Å²) in [6.45, 7) is 5.91. The first kappa shape index (κ1) is 15.2. The lowest BCUT2D eigenvalue weighted by molar-refractivity contribution is -0.128. The molecule has 1 rings (SSSR count). The number of hydrogen-bond acceptors (Lipinski definition) is 2. The minimum Gasteiger partial charge on any atom is -0.352 e. The van der Waals surface area contributed by atoms with Crippen LogP contribution in [0.15, 0.2) is 22.7 Å². The summed E-state index contributed by atoms with van der Waals surface area (Å²) in [5.74, 6) is -0.0378. The highest BCUT2D eigenvalue weighted by Crippen LogP contribution is 2.20. The van der Waals surface area contributed by atoms with Crippen molar-refractivity contribution in [3.8, 4) is 0 Å². The van der Waals surface area contributed by atoms with Crippen LogP contribution in [-0.4, -0.2) is 11.1 Å². The van der Waals surface area contributed by atoms with E-state index < -0.39 is 10.7 Å². The summed E-state index contributed by atoms with van der Waals surface area (Å²) in [7, 11) is 0. The maximum absolute atomic E-state index is 11.7. The molecule has 98 valence electrons. The van der Waals surface area contributed by atoms with E-state index in [1.165, 1.54) is 0 Å². The first-order valence-corrected chi connectivity index (χ1v) is 6.65. The van der Waals surface area contributed by atoms with Crippen LogP contribution in [0.3, 0.4) is 0 Å². The van der Waals surface area contributed by atoms with Crippen LogP contribution in [0.5, 0.6) is 0 Å². The normalized spacial score (nSPS) is 11.2. The van der Waals surface area contributed by atoms with Crippen LogP contribution < -0.4 is 5.32 Å². The van der Waals surface area contributed by atoms with Gasteiger partial charge in [0.15, 0.2) is 0 Å². The van der Waals surface area contributed by atoms with Gasteiger partial charge < -0.3 is 5.32 Å². The van der Waals surface area contributed by atoms with Crippen molar-refractivity contribution in [1.29, 1.82) is 0 Å². The molecule has 0 saturated heterocycles. The lowest BCUT2D eigenvalue weighted by Gasteiger charge is -2.17. The molecule has 0 unspecified atom stereocenters. The lowest BCUT2D eigenvalue weighted by atomic mass is 9.95. The summed E-state index contributed by atoms with van der Waals surface area (Å²) in [6, 6.07) is 5.24. The number of carbonyl (C=O) groups is 2. The van der Waals surface area contributed by atoms with Crippen molar-refractivity contribution in [2.45, 2.75) is 27.3 Å². The second-order valence-electron chi connectivity index (χ2n) is 5.02. The first-order chi connectivity index (χ1) is 8.21. The van der Waals surface area contributed by atoms with Crippen molar-refractivity contribution in [2.75, 3.05) is 0 Å². The summed E-state index contributed by atoms with van der Waals surface area (Å²) in [4.78, 5) is 22.9. The van der Waals surface area contributed by atoms with Gasteiger partial charge in [-0.3, -0.25) is 9.59 Å². The zero-order valence-electron chi connectivity index (χ0n) is 10.5. The van der Waals surface area contributed by atoms with Gasteiger partial charge in [0.25, 0.3) is 5.24 Å². The summed E-state index contributed by atoms with van der Waals surface area (Å²) in [5.41, 5.74) is 0.805. The van der Waals surface area contributed by atoms with Crippen molar-refractivity contribution < 1.29 is 9.59 Å². The topological polar surface area (TPSA) is 46.2 Å². The zero-order valence-corrected chi connectivity index (χ0v) is 12.9. The first-order valence-electron chi connectivity index (χ1n) is 5.48. The number of hydrogen-bond donors (Lipinski definition) is 1. The van der Waals surface area contributed by atoms with Crippen LogP contribution in [0, 0.1) is 5.41 Å². The van der Waals surface area contributed by atoms with Crippen LogP contribution in [0.1, 0.15) is 36.7 Å². The molecule has 1 aromatic carbocycles. The fourth-order valence-corrected chi connectivity index (χ4v) is 1.98. The van der Waals surface area contributed by atoms with Gasteiger partial charge in [-0.2, -0.15) is 0 Å². The van der Waals surface area contributed by atoms with Crippen molar-refractivity contribution in [3.05, 3.63) is 33.8 Å². The van der Waals surface area contributed by atoms with E-state index in [-0.39, 0.29) is 5.91 Å². The Morgan fingerprint density at radius 1 is 1.33 bits per heavy atom. The summed E-state index contributed by atoms with van der Waals surface area (Å²) < 4.78 is 0.647. The van der Waals surface area contributed by atoms with Gasteiger partial charge >= 0.3 is 0 Å². The molecule has 0 spiro atoms. The van der Waals surface area contributed by atoms with E-state index in [2.05, 4.69) is 21.2 Å². The molecule has 0 aliphatic rings. The SMILES string of the molecule is CC(C)(C)C(=O)NCc1ccc(Br)c(C(=O)Cl)c1. The van der Waals surface area contributed by atoms with E-state index in [1.54, 1.807) is 12.1 Å². The minimum atomic E-state index is -0.522. The summed E-state index contributed by atoms with van der Waals surface area (Å²) in [5, 5.41) is 2.29. The Morgan fingerprint density at radius 2 is 1.94 bits per heavy atom. The molecule has 3 nitrogen and oxygen atoms in total. The Hall–Kier alpha value is -0.870. The molecule has 0 radical (unpaired) electrons. The molecule has 0 bridgehead atoms. The molecule has 1 aromatic rings. The van der Waals surface area contributed by atoms with Crippen molar-refractivity contribution in [1.82, 2.24) is 5.32 Å². The van der Waals surface area contributed by atoms with E-state index in [0.717, 1.165) is 5.56 Å². The Labute approximate surface area is 120 Å². The third kappa shape index (κ3) is 4.10. The molecule has 1 amide bonds. The lowest BCUT2D eigenvalue weighted by Crippen LogP contribution is -2.34. The largest absolute Gasteiger partial charge is 0.352 e. The monoisotopic (exact) mass is 331 g/mol. The second kappa shape index (κ2) is 5.85. The van der Waals surface area contributed by atoms with Gasteiger partial charge in [-0.25, -0.2) is 0 Å². The third-order valence-corrected chi connectivity index (χ3v) is 3.27. The van der Waals surface area contributed by atoms with Crippen molar-refractivity contribution >= 4 is 38.7 Å². The summed E-state index contributed by atoms with van der Waals surface area (Å²) >= 11 is 8.71. The molecule has 0 atom stereocenters. The predicted octanol–water partition coefficient (Wildman–Crippen LogP) is 3.49. The standard InChI is InChI=1S/C13H15BrClNO2/c1-13(2,3)12(18)16-7-8-4-5-10(14)9(6-8)11(15)17/h4-6H,7H2,1-3H3,(H,16,18). The average molecular weight is 333 g/mol. The Morgan fingerprint density at radius 3 is 2.44 bits per heavy atom. The smallest absolute Gasteiger partial charge is 0.253 e. The Bertz CT molecular complexity index is 480. The number of halogens is 2. The van der Waals surface area contributed by atoms with Crippen LogP contribution in [0.25, 0.3) is 0 Å². The molecule has 0 aliphatic carbocycles. The molecular formula is C13H15BrClNO2. The van der Waals surface area contributed by atoms with E-state index in [4.69, 9.17) is 11.6 Å². The number of nitrogens with one attached hydrogen (secondary N) is 1. The number of carbonyl (C=O) groups excluding carboxylic acids is 2. The van der Waals surface area contributed by atoms with Crippen LogP contribution in [-0.2, 0) is 11.3 Å². The highest BCUT2D eigenvalue weighted by molar-refractivity contribution is 9.10. The molecular weight excluding hydrogens is 318 g/mol. The van der Waals surface area contributed by atoms with Gasteiger partial charge in [0.2, 0.25) is 5.91 Å². The van der Waals surface area contributed by atoms with E-state index in [0.29, 0.717) is 16.6 Å². The molecule has 5 heteroatoms. The Kier molecular flexibility index (Phi) is 4.93. The van der Waals surface area contributed by atoms with Gasteiger partial charge in [-0.1, -0.05) is 26.8 Å². The molecule has 18 heavy (non-hydrogen) atoms. The maximum atomic E-state index is 11.7. The Balaban J connectivity index is 2.78. The molecule has 1 N–H and O–H groups in total. The second-order valence-corrected chi connectivity index (χ2v) is 6.22. The quantitative estimate of drug-likeness (QED) is 0.861. The summed E-state index contributed by atoms with van der Waals surface area (Å²) in [6.07, 6.45) is 0. The van der Waals surface area contributed by atoms with Gasteiger partial charge in [0, 0.05) is 22.0 Å². The predicted molar refractivity (Wildman–Crippen MR) is 75.6 cm³/mol. The minimum absolute atomic E-state index is 0.0378. The number of benzene rings is 1. The highest BCUT2D eigenvalue weighted by Gasteiger charge is 2.20. The third-order valence-electron chi connectivity index (χ3n) is 2.38. The van der Waals surface area contributed by atoms with Gasteiger partial charge in [-0.15, -0.1) is 0 Å². The number of amides is 1. The van der Waals surface area contributed by atoms with Gasteiger partial charge in [-0.05, 0) is 45.2 Å². The van der Waals surface area contributed by atoms with Crippen LogP contribution in [0.4, 0.5) is 0 Å². The van der Waals surface area contributed by atoms with Crippen molar-refractivity contribution in [3.63, 3.8) is 0 Å². The average Bonchev–Trinajstić information content (AvgIpc) is 2.25. The molecule has 0 aromatic heterocycles. The van der Waals surface area contributed by atoms with E-state index in [1.807, 2.05) is 26.8 Å².